The number of fused-ring (bicyclic) bond motifs is 1. The molecule has 21 heavy (non-hydrogen) atoms. The summed E-state index contributed by atoms with van der Waals surface area (Å²) in [4.78, 5) is 18.0. The van der Waals surface area contributed by atoms with Crippen molar-refractivity contribution in [2.75, 3.05) is 6.54 Å². The molecule has 4 nitrogen and oxygen atoms in total. The molecule has 4 heteroatoms. The number of hydrogen-bond donors (Lipinski definition) is 0. The van der Waals surface area contributed by atoms with Crippen molar-refractivity contribution in [3.05, 3.63) is 34.0 Å². The summed E-state index contributed by atoms with van der Waals surface area (Å²) in [6.07, 6.45) is 5.21. The molecule has 1 aliphatic heterocycles. The van der Waals surface area contributed by atoms with E-state index in [2.05, 4.69) is 36.1 Å². The molecule has 0 unspecified atom stereocenters. The number of pyridine rings is 1. The van der Waals surface area contributed by atoms with Gasteiger partial charge < -0.3 is 0 Å². The molecule has 1 aliphatic carbocycles. The van der Waals surface area contributed by atoms with Gasteiger partial charge >= 0.3 is 0 Å². The summed E-state index contributed by atoms with van der Waals surface area (Å²) < 4.78 is 0. The molecule has 0 radical (unpaired) electrons. The molecule has 114 valence electrons. The van der Waals surface area contributed by atoms with Crippen molar-refractivity contribution in [1.29, 1.82) is 0 Å². The molecule has 0 N–H and O–H groups in total. The van der Waals surface area contributed by atoms with Crippen molar-refractivity contribution in [3.8, 4) is 0 Å². The molecule has 0 saturated heterocycles. The summed E-state index contributed by atoms with van der Waals surface area (Å²) in [6, 6.07) is 5.14. The Morgan fingerprint density at radius 1 is 1.24 bits per heavy atom. The second kappa shape index (κ2) is 6.22. The molecule has 0 bridgehead atoms. The van der Waals surface area contributed by atoms with Gasteiger partial charge in [0.15, 0.2) is 0 Å². The quantitative estimate of drug-likeness (QED) is 0.797. The van der Waals surface area contributed by atoms with Crippen LogP contribution in [0.15, 0.2) is 17.3 Å². The summed E-state index contributed by atoms with van der Waals surface area (Å²) in [6.45, 7) is 6.52. The van der Waals surface area contributed by atoms with Gasteiger partial charge in [-0.2, -0.15) is 4.91 Å². The van der Waals surface area contributed by atoms with Crippen molar-refractivity contribution in [2.24, 2.45) is 5.18 Å². The topological polar surface area (TPSA) is 45.6 Å². The van der Waals surface area contributed by atoms with Crippen LogP contribution in [0.5, 0.6) is 0 Å². The van der Waals surface area contributed by atoms with Gasteiger partial charge in [-0.1, -0.05) is 25.1 Å². The number of rotatable bonds is 3. The molecule has 0 spiro atoms. The van der Waals surface area contributed by atoms with Crippen molar-refractivity contribution < 1.29 is 0 Å². The lowest BCUT2D eigenvalue weighted by molar-refractivity contribution is 0.134. The monoisotopic (exact) mass is 287 g/mol. The Labute approximate surface area is 126 Å². The lowest BCUT2D eigenvalue weighted by atomic mass is 9.89. The van der Waals surface area contributed by atoms with Crippen LogP contribution in [-0.2, 0) is 13.0 Å². The third kappa shape index (κ3) is 3.15. The summed E-state index contributed by atoms with van der Waals surface area (Å²) in [5, 5.41) is 3.21. The first-order valence-electron chi connectivity index (χ1n) is 8.22. The molecule has 0 aromatic carbocycles. The lowest BCUT2D eigenvalue weighted by Crippen LogP contribution is -2.42. The summed E-state index contributed by atoms with van der Waals surface area (Å²) in [5.74, 6) is 0.499. The number of aromatic nitrogens is 1. The first kappa shape index (κ1) is 14.6. The van der Waals surface area contributed by atoms with Crippen molar-refractivity contribution in [1.82, 2.24) is 9.88 Å². The van der Waals surface area contributed by atoms with E-state index in [-0.39, 0.29) is 6.04 Å². The summed E-state index contributed by atoms with van der Waals surface area (Å²) in [7, 11) is 0. The zero-order valence-corrected chi connectivity index (χ0v) is 13.1. The van der Waals surface area contributed by atoms with Crippen LogP contribution in [0.2, 0.25) is 0 Å². The van der Waals surface area contributed by atoms with E-state index in [1.165, 1.54) is 17.0 Å². The fourth-order valence-electron chi connectivity index (χ4n) is 3.62. The second-order valence-corrected chi connectivity index (χ2v) is 6.78. The third-order valence-corrected chi connectivity index (χ3v) is 5.02. The maximum absolute atomic E-state index is 10.6. The van der Waals surface area contributed by atoms with Crippen LogP contribution in [0.25, 0.3) is 0 Å². The molecular formula is C17H25N3O. The van der Waals surface area contributed by atoms with Crippen LogP contribution in [-0.4, -0.2) is 28.5 Å². The van der Waals surface area contributed by atoms with Gasteiger partial charge in [-0.05, 0) is 43.2 Å². The Hall–Kier alpha value is -1.29. The van der Waals surface area contributed by atoms with Crippen molar-refractivity contribution in [2.45, 2.75) is 70.5 Å². The number of nitroso groups, excluding NO2 is 1. The van der Waals surface area contributed by atoms with Gasteiger partial charge in [0.05, 0.1) is 6.04 Å². The van der Waals surface area contributed by atoms with E-state index >= 15 is 0 Å². The van der Waals surface area contributed by atoms with Crippen LogP contribution >= 0.6 is 0 Å². The highest BCUT2D eigenvalue weighted by atomic mass is 16.3. The first-order valence-corrected chi connectivity index (χ1v) is 8.22. The van der Waals surface area contributed by atoms with Crippen LogP contribution in [0, 0.1) is 4.91 Å². The average Bonchev–Trinajstić information content (AvgIpc) is 2.54. The van der Waals surface area contributed by atoms with E-state index in [1.54, 1.807) is 0 Å². The minimum atomic E-state index is 0.0635. The standard InChI is InChI=1S/C17H25N3O/c1-12(2)16-8-3-13-11-20(10-9-17(13)18-16)15-6-4-14(19-21)5-7-15/h3,8,12,14-15H,4-7,9-11H2,1-2H3. The van der Waals surface area contributed by atoms with E-state index in [1.807, 2.05) is 0 Å². The van der Waals surface area contributed by atoms with Gasteiger partial charge in [0.25, 0.3) is 0 Å². The Morgan fingerprint density at radius 3 is 2.67 bits per heavy atom. The molecule has 1 aromatic rings. The van der Waals surface area contributed by atoms with Crippen LogP contribution < -0.4 is 0 Å². The van der Waals surface area contributed by atoms with Gasteiger partial charge in [-0.25, -0.2) is 0 Å². The minimum Gasteiger partial charge on any atom is -0.296 e. The van der Waals surface area contributed by atoms with E-state index in [4.69, 9.17) is 4.98 Å². The Kier molecular flexibility index (Phi) is 4.34. The molecule has 2 heterocycles. The molecule has 1 aromatic heterocycles. The molecule has 0 atom stereocenters. The van der Waals surface area contributed by atoms with E-state index in [0.29, 0.717) is 12.0 Å². The maximum Gasteiger partial charge on any atom is 0.0921 e. The molecular weight excluding hydrogens is 262 g/mol. The van der Waals surface area contributed by atoms with Gasteiger partial charge in [-0.15, -0.1) is 0 Å². The predicted molar refractivity (Wildman–Crippen MR) is 84.3 cm³/mol. The van der Waals surface area contributed by atoms with Crippen LogP contribution in [0.4, 0.5) is 0 Å². The Morgan fingerprint density at radius 2 is 2.00 bits per heavy atom. The highest BCUT2D eigenvalue weighted by Gasteiger charge is 2.29. The fourth-order valence-corrected chi connectivity index (χ4v) is 3.62. The molecule has 1 saturated carbocycles. The average molecular weight is 287 g/mol. The SMILES string of the molecule is CC(C)c1ccc2c(n1)CCN(C1CCC(N=O)CC1)C2. The highest BCUT2D eigenvalue weighted by molar-refractivity contribution is 5.26. The zero-order valence-electron chi connectivity index (χ0n) is 13.1. The minimum absolute atomic E-state index is 0.0635. The molecule has 1 fully saturated rings. The highest BCUT2D eigenvalue weighted by Crippen LogP contribution is 2.29. The van der Waals surface area contributed by atoms with Crippen molar-refractivity contribution >= 4 is 0 Å². The third-order valence-electron chi connectivity index (χ3n) is 5.02. The summed E-state index contributed by atoms with van der Waals surface area (Å²) >= 11 is 0. The van der Waals surface area contributed by atoms with E-state index < -0.39 is 0 Å². The number of nitrogens with zero attached hydrogens (tertiary/aromatic N) is 3. The van der Waals surface area contributed by atoms with Crippen LogP contribution in [0.1, 0.15) is 62.4 Å². The Bertz CT molecular complexity index is 507. The largest absolute Gasteiger partial charge is 0.296 e. The van der Waals surface area contributed by atoms with E-state index in [9.17, 15) is 4.91 Å². The zero-order chi connectivity index (χ0) is 14.8. The number of hydrogen-bond acceptors (Lipinski definition) is 4. The maximum atomic E-state index is 10.6. The molecule has 3 rings (SSSR count). The van der Waals surface area contributed by atoms with E-state index in [0.717, 1.165) is 45.2 Å². The predicted octanol–water partition coefficient (Wildman–Crippen LogP) is 3.64. The molecule has 0 amide bonds. The smallest absolute Gasteiger partial charge is 0.0921 e. The van der Waals surface area contributed by atoms with Gasteiger partial charge in [0.2, 0.25) is 0 Å². The lowest BCUT2D eigenvalue weighted by Gasteiger charge is -2.38. The second-order valence-electron chi connectivity index (χ2n) is 6.78. The van der Waals surface area contributed by atoms with Gasteiger partial charge in [0, 0.05) is 36.9 Å². The van der Waals surface area contributed by atoms with Crippen LogP contribution in [0.3, 0.4) is 0 Å². The summed E-state index contributed by atoms with van der Waals surface area (Å²) in [5.41, 5.74) is 3.89. The fraction of sp³-hybridized carbons (Fsp3) is 0.706. The Balaban J connectivity index is 1.66. The normalized spacial score (nSPS) is 26.6. The molecule has 2 aliphatic rings. The first-order chi connectivity index (χ1) is 10.2. The van der Waals surface area contributed by atoms with Crippen molar-refractivity contribution in [3.63, 3.8) is 0 Å². The van der Waals surface area contributed by atoms with Gasteiger partial charge in [-0.3, -0.25) is 9.88 Å². The van der Waals surface area contributed by atoms with Gasteiger partial charge in [0.1, 0.15) is 0 Å².